The Hall–Kier alpha value is -1.10. The first kappa shape index (κ1) is 12.4. The van der Waals surface area contributed by atoms with Gasteiger partial charge in [-0.15, -0.1) is 0 Å². The van der Waals surface area contributed by atoms with Crippen LogP contribution in [0.25, 0.3) is 0 Å². The third-order valence-electron chi connectivity index (χ3n) is 3.37. The second-order valence-corrected chi connectivity index (χ2v) is 4.90. The lowest BCUT2D eigenvalue weighted by Gasteiger charge is -2.25. The lowest BCUT2D eigenvalue weighted by molar-refractivity contribution is -0.196. The molecule has 17 heavy (non-hydrogen) atoms. The Morgan fingerprint density at radius 3 is 2.76 bits per heavy atom. The summed E-state index contributed by atoms with van der Waals surface area (Å²) in [6.45, 7) is 3.78. The summed E-state index contributed by atoms with van der Waals surface area (Å²) >= 11 is 0. The molecule has 0 aromatic rings. The van der Waals surface area contributed by atoms with Gasteiger partial charge < -0.3 is 5.32 Å². The number of hydroxylamine groups is 2. The van der Waals surface area contributed by atoms with Gasteiger partial charge in [0.15, 0.2) is 0 Å². The molecule has 0 aromatic heterocycles. The Balaban J connectivity index is 1.60. The van der Waals surface area contributed by atoms with Crippen LogP contribution in [0.5, 0.6) is 0 Å². The van der Waals surface area contributed by atoms with E-state index in [0.717, 1.165) is 19.3 Å². The Bertz CT molecular complexity index is 300. The van der Waals surface area contributed by atoms with E-state index in [1.54, 1.807) is 0 Å². The van der Waals surface area contributed by atoms with E-state index >= 15 is 0 Å². The van der Waals surface area contributed by atoms with Crippen molar-refractivity contribution in [1.82, 2.24) is 10.4 Å². The van der Waals surface area contributed by atoms with Crippen LogP contribution in [-0.2, 0) is 14.4 Å². The van der Waals surface area contributed by atoms with Gasteiger partial charge in [-0.25, -0.2) is 5.06 Å². The molecule has 0 aromatic carbocycles. The molecule has 2 aliphatic rings. The predicted molar refractivity (Wildman–Crippen MR) is 61.8 cm³/mol. The van der Waals surface area contributed by atoms with Crippen LogP contribution in [0.15, 0.2) is 0 Å². The summed E-state index contributed by atoms with van der Waals surface area (Å²) in [4.78, 5) is 28.4. The van der Waals surface area contributed by atoms with Gasteiger partial charge in [0.1, 0.15) is 0 Å². The molecule has 0 bridgehead atoms. The minimum Gasteiger partial charge on any atom is -0.355 e. The molecule has 96 valence electrons. The molecular formula is C12H20N2O3. The van der Waals surface area contributed by atoms with Gasteiger partial charge in [0, 0.05) is 25.4 Å². The molecule has 2 atom stereocenters. The van der Waals surface area contributed by atoms with Crippen LogP contribution < -0.4 is 5.32 Å². The summed E-state index contributed by atoms with van der Waals surface area (Å²) in [5.41, 5.74) is 0. The zero-order valence-electron chi connectivity index (χ0n) is 10.3. The number of hydrogen-bond acceptors (Lipinski definition) is 3. The van der Waals surface area contributed by atoms with Crippen molar-refractivity contribution in [3.8, 4) is 0 Å². The van der Waals surface area contributed by atoms with Crippen molar-refractivity contribution in [2.45, 2.75) is 32.6 Å². The Kier molecular flexibility index (Phi) is 3.99. The van der Waals surface area contributed by atoms with E-state index in [-0.39, 0.29) is 17.7 Å². The molecule has 1 N–H and O–H groups in total. The quantitative estimate of drug-likeness (QED) is 0.787. The number of nitrogens with one attached hydrogen (secondary N) is 1. The van der Waals surface area contributed by atoms with Crippen molar-refractivity contribution in [2.24, 2.45) is 11.8 Å². The first-order chi connectivity index (χ1) is 8.18. The summed E-state index contributed by atoms with van der Waals surface area (Å²) in [6.07, 6.45) is 3.32. The minimum atomic E-state index is -0.0335. The smallest absolute Gasteiger partial charge is 0.247 e. The van der Waals surface area contributed by atoms with Gasteiger partial charge in [0.05, 0.1) is 6.61 Å². The highest BCUT2D eigenvalue weighted by Gasteiger charge is 2.38. The van der Waals surface area contributed by atoms with Crippen molar-refractivity contribution in [3.63, 3.8) is 0 Å². The lowest BCUT2D eigenvalue weighted by atomic mass is 10.3. The number of amides is 2. The third kappa shape index (κ3) is 3.43. The molecule has 1 aliphatic heterocycles. The van der Waals surface area contributed by atoms with E-state index in [1.165, 1.54) is 5.06 Å². The molecule has 2 amide bonds. The summed E-state index contributed by atoms with van der Waals surface area (Å²) in [5, 5.41) is 4.23. The van der Waals surface area contributed by atoms with Gasteiger partial charge in [-0.2, -0.15) is 0 Å². The van der Waals surface area contributed by atoms with Crippen LogP contribution >= 0.6 is 0 Å². The van der Waals surface area contributed by atoms with Crippen LogP contribution in [-0.4, -0.2) is 36.6 Å². The summed E-state index contributed by atoms with van der Waals surface area (Å²) in [7, 11) is 0. The zero-order valence-corrected chi connectivity index (χ0v) is 10.3. The standard InChI is InChI=1S/C12H20N2O3/c1-9-8-10(9)12(16)13-5-4-11(15)14-6-2-3-7-17-14/h9-10H,2-8H2,1H3,(H,13,16). The monoisotopic (exact) mass is 240 g/mol. The maximum absolute atomic E-state index is 11.7. The van der Waals surface area contributed by atoms with Gasteiger partial charge >= 0.3 is 0 Å². The van der Waals surface area contributed by atoms with Gasteiger partial charge in [-0.05, 0) is 25.2 Å². The molecule has 1 saturated carbocycles. The molecule has 1 saturated heterocycles. The van der Waals surface area contributed by atoms with Gasteiger partial charge in [0.25, 0.3) is 0 Å². The predicted octanol–water partition coefficient (Wildman–Crippen LogP) is 0.703. The van der Waals surface area contributed by atoms with Crippen molar-refractivity contribution in [3.05, 3.63) is 0 Å². The van der Waals surface area contributed by atoms with E-state index in [1.807, 2.05) is 0 Å². The van der Waals surface area contributed by atoms with Crippen LogP contribution in [0.2, 0.25) is 0 Å². The van der Waals surface area contributed by atoms with Gasteiger partial charge in [0.2, 0.25) is 11.8 Å². The lowest BCUT2D eigenvalue weighted by Crippen LogP contribution is -2.38. The van der Waals surface area contributed by atoms with E-state index < -0.39 is 0 Å². The minimum absolute atomic E-state index is 0.0335. The van der Waals surface area contributed by atoms with E-state index in [9.17, 15) is 9.59 Å². The van der Waals surface area contributed by atoms with Gasteiger partial charge in [-0.1, -0.05) is 6.92 Å². The van der Waals surface area contributed by atoms with Crippen LogP contribution in [0.3, 0.4) is 0 Å². The summed E-state index contributed by atoms with van der Waals surface area (Å²) in [6, 6.07) is 0. The van der Waals surface area contributed by atoms with Crippen molar-refractivity contribution in [1.29, 1.82) is 0 Å². The molecule has 5 nitrogen and oxygen atoms in total. The molecule has 0 radical (unpaired) electrons. The molecule has 2 unspecified atom stereocenters. The average Bonchev–Trinajstić information content (AvgIpc) is 3.07. The number of hydrogen-bond donors (Lipinski definition) is 1. The van der Waals surface area contributed by atoms with Crippen molar-refractivity contribution < 1.29 is 14.4 Å². The number of rotatable bonds is 4. The second-order valence-electron chi connectivity index (χ2n) is 4.90. The molecule has 1 aliphatic carbocycles. The first-order valence-corrected chi connectivity index (χ1v) is 6.39. The number of carbonyl (C=O) groups is 2. The molecular weight excluding hydrogens is 220 g/mol. The fraction of sp³-hybridized carbons (Fsp3) is 0.833. The van der Waals surface area contributed by atoms with Crippen molar-refractivity contribution >= 4 is 11.8 Å². The van der Waals surface area contributed by atoms with E-state index in [0.29, 0.717) is 32.0 Å². The third-order valence-corrected chi connectivity index (χ3v) is 3.37. The Labute approximate surface area is 101 Å². The summed E-state index contributed by atoms with van der Waals surface area (Å²) < 4.78 is 0. The number of nitrogens with zero attached hydrogens (tertiary/aromatic N) is 1. The highest BCUT2D eigenvalue weighted by Crippen LogP contribution is 2.37. The first-order valence-electron chi connectivity index (χ1n) is 6.39. The van der Waals surface area contributed by atoms with Crippen LogP contribution in [0.4, 0.5) is 0 Å². The van der Waals surface area contributed by atoms with Gasteiger partial charge in [-0.3, -0.25) is 14.4 Å². The average molecular weight is 240 g/mol. The molecule has 2 fully saturated rings. The fourth-order valence-corrected chi connectivity index (χ4v) is 2.03. The van der Waals surface area contributed by atoms with E-state index in [4.69, 9.17) is 4.84 Å². The largest absolute Gasteiger partial charge is 0.355 e. The Morgan fingerprint density at radius 1 is 1.41 bits per heavy atom. The SMILES string of the molecule is CC1CC1C(=O)NCCC(=O)N1CCCCO1. The highest BCUT2D eigenvalue weighted by atomic mass is 16.7. The maximum Gasteiger partial charge on any atom is 0.247 e. The normalized spacial score (nSPS) is 27.7. The maximum atomic E-state index is 11.7. The van der Waals surface area contributed by atoms with Crippen LogP contribution in [0.1, 0.15) is 32.6 Å². The van der Waals surface area contributed by atoms with E-state index in [2.05, 4.69) is 12.2 Å². The summed E-state index contributed by atoms with van der Waals surface area (Å²) in [5.74, 6) is 0.742. The highest BCUT2D eigenvalue weighted by molar-refractivity contribution is 5.82. The Morgan fingerprint density at radius 2 is 2.18 bits per heavy atom. The molecule has 1 heterocycles. The molecule has 0 spiro atoms. The number of carbonyl (C=O) groups excluding carboxylic acids is 2. The molecule has 5 heteroatoms. The zero-order chi connectivity index (χ0) is 12.3. The fourth-order valence-electron chi connectivity index (χ4n) is 2.03. The van der Waals surface area contributed by atoms with Crippen LogP contribution in [0, 0.1) is 11.8 Å². The van der Waals surface area contributed by atoms with Crippen molar-refractivity contribution in [2.75, 3.05) is 19.7 Å². The topological polar surface area (TPSA) is 58.6 Å². The molecule has 2 rings (SSSR count). The second kappa shape index (κ2) is 5.49.